The lowest BCUT2D eigenvalue weighted by Crippen LogP contribution is -2.41. The Bertz CT molecular complexity index is 1330. The van der Waals surface area contributed by atoms with E-state index in [2.05, 4.69) is 4.98 Å². The van der Waals surface area contributed by atoms with Gasteiger partial charge in [0.25, 0.3) is 5.56 Å². The molecule has 0 bridgehead atoms. The maximum absolute atomic E-state index is 13.3. The number of aromatic nitrogens is 4. The Kier molecular flexibility index (Phi) is 5.03. The summed E-state index contributed by atoms with van der Waals surface area (Å²) in [6.45, 7) is 6.04. The standard InChI is InChI=1S/C23H24N4O3/c1-15(2)26-22(28)20-21(27(23(26)29)18-11-9-16(3)10-12-18)24-14-25(20)13-17-7-5-6-8-19(17)30-4/h5-12,14-15H,13H2,1-4H3. The van der Waals surface area contributed by atoms with E-state index < -0.39 is 5.69 Å². The Labute approximate surface area is 173 Å². The first kappa shape index (κ1) is 19.7. The molecule has 2 aromatic heterocycles. The molecule has 0 aliphatic carbocycles. The molecule has 0 amide bonds. The molecule has 154 valence electrons. The molecule has 4 rings (SSSR count). The predicted molar refractivity (Wildman–Crippen MR) is 117 cm³/mol. The van der Waals surface area contributed by atoms with E-state index in [0.717, 1.165) is 16.9 Å². The van der Waals surface area contributed by atoms with Crippen LogP contribution in [0.15, 0.2) is 64.4 Å². The van der Waals surface area contributed by atoms with Gasteiger partial charge in [0.15, 0.2) is 11.2 Å². The molecule has 7 heteroatoms. The maximum atomic E-state index is 13.3. The van der Waals surface area contributed by atoms with Gasteiger partial charge in [0.1, 0.15) is 5.75 Å². The van der Waals surface area contributed by atoms with Gasteiger partial charge in [-0.2, -0.15) is 0 Å². The lowest BCUT2D eigenvalue weighted by atomic mass is 10.2. The average molecular weight is 404 g/mol. The molecule has 0 radical (unpaired) electrons. The molecule has 7 nitrogen and oxygen atoms in total. The third-order valence-corrected chi connectivity index (χ3v) is 5.19. The topological polar surface area (TPSA) is 71.1 Å². The van der Waals surface area contributed by atoms with Gasteiger partial charge in [-0.25, -0.2) is 14.3 Å². The molecule has 0 N–H and O–H groups in total. The van der Waals surface area contributed by atoms with E-state index in [4.69, 9.17) is 4.74 Å². The summed E-state index contributed by atoms with van der Waals surface area (Å²) in [6, 6.07) is 15.0. The molecule has 0 aliphatic rings. The first-order valence-electron chi connectivity index (χ1n) is 9.83. The van der Waals surface area contributed by atoms with Crippen LogP contribution in [0.5, 0.6) is 5.75 Å². The van der Waals surface area contributed by atoms with Gasteiger partial charge in [0.2, 0.25) is 0 Å². The molecule has 0 unspecified atom stereocenters. The van der Waals surface area contributed by atoms with Gasteiger partial charge in [-0.15, -0.1) is 0 Å². The molecular formula is C23H24N4O3. The summed E-state index contributed by atoms with van der Waals surface area (Å²) in [6.07, 6.45) is 1.60. The number of ether oxygens (including phenoxy) is 1. The van der Waals surface area contributed by atoms with E-state index in [1.165, 1.54) is 9.13 Å². The summed E-state index contributed by atoms with van der Waals surface area (Å²) in [4.78, 5) is 31.0. The van der Waals surface area contributed by atoms with Crippen LogP contribution in [0.1, 0.15) is 31.0 Å². The summed E-state index contributed by atoms with van der Waals surface area (Å²) in [5, 5.41) is 0. The number of methoxy groups -OCH3 is 1. The van der Waals surface area contributed by atoms with Crippen molar-refractivity contribution in [3.8, 4) is 11.4 Å². The number of fused-ring (bicyclic) bond motifs is 1. The lowest BCUT2D eigenvalue weighted by molar-refractivity contribution is 0.408. The first-order valence-corrected chi connectivity index (χ1v) is 9.83. The van der Waals surface area contributed by atoms with Crippen LogP contribution in [-0.2, 0) is 6.54 Å². The molecule has 0 atom stereocenters. The van der Waals surface area contributed by atoms with Crippen molar-refractivity contribution >= 4 is 11.2 Å². The van der Waals surface area contributed by atoms with Gasteiger partial charge in [-0.1, -0.05) is 35.9 Å². The summed E-state index contributed by atoms with van der Waals surface area (Å²) in [5.41, 5.74) is 2.67. The van der Waals surface area contributed by atoms with Crippen molar-refractivity contribution in [1.29, 1.82) is 0 Å². The second-order valence-corrected chi connectivity index (χ2v) is 7.58. The van der Waals surface area contributed by atoms with Gasteiger partial charge in [0.05, 0.1) is 25.7 Å². The van der Waals surface area contributed by atoms with Crippen molar-refractivity contribution in [1.82, 2.24) is 18.7 Å². The molecule has 0 saturated carbocycles. The summed E-state index contributed by atoms with van der Waals surface area (Å²) >= 11 is 0. The molecule has 0 aliphatic heterocycles. The second kappa shape index (κ2) is 7.67. The smallest absolute Gasteiger partial charge is 0.337 e. The average Bonchev–Trinajstić information content (AvgIpc) is 3.13. The Morgan fingerprint density at radius 2 is 1.73 bits per heavy atom. The molecule has 2 heterocycles. The Balaban J connectivity index is 2.01. The van der Waals surface area contributed by atoms with Crippen LogP contribution in [0.3, 0.4) is 0 Å². The third-order valence-electron chi connectivity index (χ3n) is 5.19. The number of benzene rings is 2. The minimum Gasteiger partial charge on any atom is -0.496 e. The van der Waals surface area contributed by atoms with Crippen molar-refractivity contribution in [2.45, 2.75) is 33.4 Å². The van der Waals surface area contributed by atoms with E-state index in [0.29, 0.717) is 23.4 Å². The van der Waals surface area contributed by atoms with E-state index in [-0.39, 0.29) is 11.6 Å². The lowest BCUT2D eigenvalue weighted by Gasteiger charge is -2.15. The molecule has 0 fully saturated rings. The van der Waals surface area contributed by atoms with Crippen LogP contribution in [0.2, 0.25) is 0 Å². The highest BCUT2D eigenvalue weighted by Gasteiger charge is 2.21. The first-order chi connectivity index (χ1) is 14.4. The van der Waals surface area contributed by atoms with Crippen LogP contribution >= 0.6 is 0 Å². The third kappa shape index (κ3) is 3.22. The van der Waals surface area contributed by atoms with Gasteiger partial charge < -0.3 is 9.30 Å². The van der Waals surface area contributed by atoms with Crippen molar-refractivity contribution in [3.63, 3.8) is 0 Å². The monoisotopic (exact) mass is 404 g/mol. The van der Waals surface area contributed by atoms with Crippen molar-refractivity contribution in [2.75, 3.05) is 7.11 Å². The molecule has 4 aromatic rings. The molecule has 0 spiro atoms. The zero-order valence-corrected chi connectivity index (χ0v) is 17.5. The van der Waals surface area contributed by atoms with Crippen molar-refractivity contribution in [2.24, 2.45) is 0 Å². The molecule has 2 aromatic carbocycles. The van der Waals surface area contributed by atoms with Crippen molar-refractivity contribution in [3.05, 3.63) is 86.8 Å². The van der Waals surface area contributed by atoms with Gasteiger partial charge in [0, 0.05) is 11.6 Å². The SMILES string of the molecule is COc1ccccc1Cn1cnc2c1c(=O)n(C(C)C)c(=O)n2-c1ccc(C)cc1. The quantitative estimate of drug-likeness (QED) is 0.512. The van der Waals surface area contributed by atoms with Crippen LogP contribution in [-0.4, -0.2) is 25.8 Å². The van der Waals surface area contributed by atoms with E-state index >= 15 is 0 Å². The van der Waals surface area contributed by atoms with Gasteiger partial charge >= 0.3 is 5.69 Å². The molecule has 0 saturated heterocycles. The fraction of sp³-hybridized carbons (Fsp3) is 0.261. The molecular weight excluding hydrogens is 380 g/mol. The number of hydrogen-bond donors (Lipinski definition) is 0. The highest BCUT2D eigenvalue weighted by atomic mass is 16.5. The fourth-order valence-electron chi connectivity index (χ4n) is 3.67. The summed E-state index contributed by atoms with van der Waals surface area (Å²) in [7, 11) is 1.62. The number of aryl methyl sites for hydroxylation is 1. The summed E-state index contributed by atoms with van der Waals surface area (Å²) < 4.78 is 10.0. The predicted octanol–water partition coefficient (Wildman–Crippen LogP) is 3.30. The van der Waals surface area contributed by atoms with E-state index in [1.54, 1.807) is 18.0 Å². The van der Waals surface area contributed by atoms with Crippen LogP contribution < -0.4 is 16.0 Å². The highest BCUT2D eigenvalue weighted by molar-refractivity contribution is 5.72. The Morgan fingerprint density at radius 3 is 2.40 bits per heavy atom. The number of imidazole rings is 1. The van der Waals surface area contributed by atoms with Crippen LogP contribution in [0, 0.1) is 6.92 Å². The fourth-order valence-corrected chi connectivity index (χ4v) is 3.67. The van der Waals surface area contributed by atoms with E-state index in [9.17, 15) is 9.59 Å². The second-order valence-electron chi connectivity index (χ2n) is 7.58. The van der Waals surface area contributed by atoms with Crippen molar-refractivity contribution < 1.29 is 4.74 Å². The summed E-state index contributed by atoms with van der Waals surface area (Å²) in [5.74, 6) is 0.732. The van der Waals surface area contributed by atoms with Gasteiger partial charge in [-0.05, 0) is 39.0 Å². The number of para-hydroxylation sites is 1. The zero-order chi connectivity index (χ0) is 21.4. The highest BCUT2D eigenvalue weighted by Crippen LogP contribution is 2.21. The van der Waals surface area contributed by atoms with Gasteiger partial charge in [-0.3, -0.25) is 9.36 Å². The van der Waals surface area contributed by atoms with Crippen LogP contribution in [0.25, 0.3) is 16.9 Å². The number of rotatable bonds is 5. The number of nitrogens with zero attached hydrogens (tertiary/aromatic N) is 4. The molecule has 30 heavy (non-hydrogen) atoms. The van der Waals surface area contributed by atoms with Crippen LogP contribution in [0.4, 0.5) is 0 Å². The minimum absolute atomic E-state index is 0.291. The Hall–Kier alpha value is -3.61. The Morgan fingerprint density at radius 1 is 1.03 bits per heavy atom. The minimum atomic E-state index is -0.395. The number of hydrogen-bond acceptors (Lipinski definition) is 4. The zero-order valence-electron chi connectivity index (χ0n) is 17.5. The normalized spacial score (nSPS) is 11.4. The van der Waals surface area contributed by atoms with E-state index in [1.807, 2.05) is 69.3 Å². The maximum Gasteiger partial charge on any atom is 0.337 e. The largest absolute Gasteiger partial charge is 0.496 e.